The van der Waals surface area contributed by atoms with Crippen molar-refractivity contribution in [2.45, 2.75) is 0 Å². The van der Waals surface area contributed by atoms with Gasteiger partial charge < -0.3 is 0 Å². The molecule has 3 heteroatoms. The van der Waals surface area contributed by atoms with Crippen molar-refractivity contribution >= 4 is 0 Å². The Labute approximate surface area is 23.0 Å². The standard InChI is InChI=1S/CHNO2/c2-1-4-3/h3H. The van der Waals surface area contributed by atoms with Crippen molar-refractivity contribution in [3.8, 4) is 6.26 Å². The smallest absolute Gasteiger partial charge is 0.257 e. The van der Waals surface area contributed by atoms with Gasteiger partial charge in [-0.2, -0.15) is 5.26 Å². The maximum atomic E-state index is 7.15. The molecule has 22 valence electrons. The second-order valence-corrected chi connectivity index (χ2v) is 0.183. The van der Waals surface area contributed by atoms with Crippen molar-refractivity contribution in [3.63, 3.8) is 0 Å². The van der Waals surface area contributed by atoms with E-state index in [2.05, 4.69) is 4.89 Å². The maximum absolute atomic E-state index is 7.15. The molecule has 0 atom stereocenters. The Hall–Kier alpha value is -0.750. The van der Waals surface area contributed by atoms with Crippen molar-refractivity contribution in [1.29, 1.82) is 5.26 Å². The zero-order chi connectivity index (χ0) is 3.41. The summed E-state index contributed by atoms with van der Waals surface area (Å²) in [6.45, 7) is 0. The molecule has 4 heavy (non-hydrogen) atoms. The van der Waals surface area contributed by atoms with Crippen LogP contribution in [0.15, 0.2) is 0 Å². The molecule has 0 aliphatic carbocycles. The first kappa shape index (κ1) is 3.25. The van der Waals surface area contributed by atoms with Crippen LogP contribution in [0.4, 0.5) is 0 Å². The van der Waals surface area contributed by atoms with Crippen LogP contribution < -0.4 is 0 Å². The summed E-state index contributed by atoms with van der Waals surface area (Å²) in [6, 6.07) is 0. The molecule has 0 bridgehead atoms. The predicted octanol–water partition coefficient (Wildman–Crippen LogP) is -0.0429. The summed E-state index contributed by atoms with van der Waals surface area (Å²) >= 11 is 0. The fourth-order valence-electron chi connectivity index (χ4n) is 0. The summed E-state index contributed by atoms with van der Waals surface area (Å²) in [5.41, 5.74) is 0. The van der Waals surface area contributed by atoms with Crippen LogP contribution in [-0.2, 0) is 4.89 Å². The van der Waals surface area contributed by atoms with E-state index >= 15 is 0 Å². The van der Waals surface area contributed by atoms with Crippen LogP contribution in [0.2, 0.25) is 0 Å². The molecule has 0 radical (unpaired) electrons. The first-order valence-corrected chi connectivity index (χ1v) is 0.610. The normalized spacial score (nSPS) is 4.00. The zero-order valence-electron chi connectivity index (χ0n) is 1.80. The third-order valence-electron chi connectivity index (χ3n) is 0.0408. The minimum Gasteiger partial charge on any atom is -0.257 e. The van der Waals surface area contributed by atoms with E-state index in [1.54, 1.807) is 0 Å². The highest BCUT2D eigenvalue weighted by Crippen LogP contribution is 1.40. The summed E-state index contributed by atoms with van der Waals surface area (Å²) in [5.74, 6) is 0. The van der Waals surface area contributed by atoms with Crippen molar-refractivity contribution < 1.29 is 10.1 Å². The van der Waals surface area contributed by atoms with E-state index in [-0.39, 0.29) is 0 Å². The van der Waals surface area contributed by atoms with Gasteiger partial charge in [0.1, 0.15) is 0 Å². The molecule has 0 saturated carbocycles. The molecule has 0 aromatic carbocycles. The van der Waals surface area contributed by atoms with Gasteiger partial charge in [0, 0.05) is 0 Å². The fraction of sp³-hybridized carbons (Fsp3) is 0. The van der Waals surface area contributed by atoms with Crippen molar-refractivity contribution in [2.75, 3.05) is 0 Å². The molecule has 0 rings (SSSR count). The number of nitrogens with zero attached hydrogens (tertiary/aromatic N) is 1. The van der Waals surface area contributed by atoms with Gasteiger partial charge in [-0.1, -0.05) is 0 Å². The zero-order valence-corrected chi connectivity index (χ0v) is 1.80. The lowest BCUT2D eigenvalue weighted by molar-refractivity contribution is -0.174. The van der Waals surface area contributed by atoms with Gasteiger partial charge in [0.25, 0.3) is 0 Å². The lowest BCUT2D eigenvalue weighted by Gasteiger charge is -1.58. The molecule has 3 nitrogen and oxygen atoms in total. The van der Waals surface area contributed by atoms with Crippen molar-refractivity contribution in [1.82, 2.24) is 0 Å². The van der Waals surface area contributed by atoms with Gasteiger partial charge in [-0.15, -0.1) is 5.26 Å². The third-order valence-corrected chi connectivity index (χ3v) is 0.0408. The molecule has 0 aromatic rings. The number of rotatable bonds is 0. The van der Waals surface area contributed by atoms with Crippen LogP contribution in [0.1, 0.15) is 0 Å². The Bertz CT molecular complexity index is 35.8. The minimum atomic E-state index is 0.986. The number of hydrogen-bond donors (Lipinski definition) is 1. The summed E-state index contributed by atoms with van der Waals surface area (Å²) in [5, 5.41) is 14.2. The van der Waals surface area contributed by atoms with Crippen LogP contribution in [0.3, 0.4) is 0 Å². The molecule has 0 fully saturated rings. The summed E-state index contributed by atoms with van der Waals surface area (Å²) in [7, 11) is 0. The van der Waals surface area contributed by atoms with Crippen molar-refractivity contribution in [2.24, 2.45) is 0 Å². The molecule has 1 N–H and O–H groups in total. The maximum Gasteiger partial charge on any atom is 0.324 e. The Kier molecular flexibility index (Phi) is 1.83. The summed E-state index contributed by atoms with van der Waals surface area (Å²) < 4.78 is 0. The fourth-order valence-corrected chi connectivity index (χ4v) is 0. The first-order chi connectivity index (χ1) is 1.91. The second-order valence-electron chi connectivity index (χ2n) is 0.183. The second kappa shape index (κ2) is 2.25. The summed E-state index contributed by atoms with van der Waals surface area (Å²) in [6.07, 6.45) is 0.986. The van der Waals surface area contributed by atoms with E-state index < -0.39 is 0 Å². The number of nitriles is 1. The topological polar surface area (TPSA) is 53.2 Å². The lowest BCUT2D eigenvalue weighted by atomic mass is 11.6. The average molecular weight is 59.0 g/mol. The quantitative estimate of drug-likeness (QED) is 0.242. The van der Waals surface area contributed by atoms with Gasteiger partial charge >= 0.3 is 6.26 Å². The van der Waals surface area contributed by atoms with Gasteiger partial charge in [0.15, 0.2) is 0 Å². The first-order valence-electron chi connectivity index (χ1n) is 0.610. The van der Waals surface area contributed by atoms with Crippen molar-refractivity contribution in [3.05, 3.63) is 0 Å². The molecule has 0 unspecified atom stereocenters. The molecule has 0 heterocycles. The van der Waals surface area contributed by atoms with E-state index in [1.165, 1.54) is 0 Å². The van der Waals surface area contributed by atoms with Crippen LogP contribution in [0.25, 0.3) is 0 Å². The van der Waals surface area contributed by atoms with Gasteiger partial charge in [0.05, 0.1) is 0 Å². The van der Waals surface area contributed by atoms with Crippen LogP contribution in [0, 0.1) is 11.5 Å². The van der Waals surface area contributed by atoms with E-state index in [0.29, 0.717) is 0 Å². The predicted molar refractivity (Wildman–Crippen MR) is 9.33 cm³/mol. The lowest BCUT2D eigenvalue weighted by Crippen LogP contribution is -1.58. The third kappa shape index (κ3) is 1.25. The molecule has 0 saturated heterocycles. The average Bonchev–Trinajstić information content (AvgIpc) is 1.37. The number of hydrogen-bond acceptors (Lipinski definition) is 3. The Morgan fingerprint density at radius 3 is 2.25 bits per heavy atom. The van der Waals surface area contributed by atoms with Gasteiger partial charge in [-0.25, -0.2) is 0 Å². The molecule has 0 amide bonds. The monoisotopic (exact) mass is 59.0 g/mol. The molecule has 0 spiro atoms. The highest BCUT2D eigenvalue weighted by Gasteiger charge is 1.45. The van der Waals surface area contributed by atoms with E-state index in [4.69, 9.17) is 10.5 Å². The summed E-state index contributed by atoms with van der Waals surface area (Å²) in [4.78, 5) is 2.85. The highest BCUT2D eigenvalue weighted by atomic mass is 17.1. The molecular weight excluding hydrogens is 58.0 g/mol. The van der Waals surface area contributed by atoms with E-state index in [1.807, 2.05) is 0 Å². The molecule has 0 aliphatic rings. The van der Waals surface area contributed by atoms with Gasteiger partial charge in [-0.3, -0.25) is 4.89 Å². The Morgan fingerprint density at radius 1 is 2.00 bits per heavy atom. The largest absolute Gasteiger partial charge is 0.324 e. The Balaban J connectivity index is 2.43. The van der Waals surface area contributed by atoms with Crippen LogP contribution in [-0.4, -0.2) is 5.26 Å². The Morgan fingerprint density at radius 2 is 2.25 bits per heavy atom. The van der Waals surface area contributed by atoms with Gasteiger partial charge in [0.2, 0.25) is 0 Å². The minimum absolute atomic E-state index is 0.986. The van der Waals surface area contributed by atoms with E-state index in [9.17, 15) is 0 Å². The molecule has 0 aromatic heterocycles. The molecular formula is CHNO2. The molecule has 0 aliphatic heterocycles. The SMILES string of the molecule is N#COO. The highest BCUT2D eigenvalue weighted by molar-refractivity contribution is 4.35. The van der Waals surface area contributed by atoms with Crippen LogP contribution in [0.5, 0.6) is 0 Å². The van der Waals surface area contributed by atoms with Crippen LogP contribution >= 0.6 is 0 Å². The van der Waals surface area contributed by atoms with Gasteiger partial charge in [-0.05, 0) is 0 Å². The van der Waals surface area contributed by atoms with E-state index in [0.717, 1.165) is 6.26 Å².